The van der Waals surface area contributed by atoms with Crippen molar-refractivity contribution in [2.45, 2.75) is 13.0 Å². The standard InChI is InChI=1S/C11H11N2OS/c1-8(14-2)9-4-3-5-12-10(9)11-13-6-7-15-11/h3-5,7-8H,1-2H3. The molecule has 0 bridgehead atoms. The summed E-state index contributed by atoms with van der Waals surface area (Å²) in [5, 5.41) is 2.71. The van der Waals surface area contributed by atoms with E-state index in [0.717, 1.165) is 16.3 Å². The Kier molecular flexibility index (Phi) is 3.08. The van der Waals surface area contributed by atoms with Crippen LogP contribution in [-0.4, -0.2) is 17.1 Å². The molecule has 2 rings (SSSR count). The van der Waals surface area contributed by atoms with Crippen LogP contribution < -0.4 is 0 Å². The molecule has 2 heterocycles. The van der Waals surface area contributed by atoms with Crippen LogP contribution in [0.3, 0.4) is 0 Å². The summed E-state index contributed by atoms with van der Waals surface area (Å²) in [5.41, 5.74) is 1.95. The van der Waals surface area contributed by atoms with E-state index in [1.807, 2.05) is 24.4 Å². The summed E-state index contributed by atoms with van der Waals surface area (Å²) >= 11 is 1.53. The first kappa shape index (κ1) is 10.3. The molecular weight excluding hydrogens is 208 g/mol. The maximum absolute atomic E-state index is 5.30. The van der Waals surface area contributed by atoms with E-state index in [4.69, 9.17) is 4.74 Å². The normalized spacial score (nSPS) is 12.7. The highest BCUT2D eigenvalue weighted by atomic mass is 32.1. The molecule has 0 N–H and O–H groups in total. The van der Waals surface area contributed by atoms with Gasteiger partial charge in [-0.15, -0.1) is 11.3 Å². The summed E-state index contributed by atoms with van der Waals surface area (Å²) in [7, 11) is 1.69. The molecule has 1 atom stereocenters. The maximum Gasteiger partial charge on any atom is 0.143 e. The average molecular weight is 219 g/mol. The molecule has 0 aliphatic rings. The predicted octanol–water partition coefficient (Wildman–Crippen LogP) is 2.71. The highest BCUT2D eigenvalue weighted by Crippen LogP contribution is 2.28. The number of aromatic nitrogens is 2. The van der Waals surface area contributed by atoms with E-state index in [9.17, 15) is 0 Å². The van der Waals surface area contributed by atoms with Crippen molar-refractivity contribution in [3.63, 3.8) is 0 Å². The van der Waals surface area contributed by atoms with Gasteiger partial charge in [-0.2, -0.15) is 0 Å². The van der Waals surface area contributed by atoms with Crippen LogP contribution in [0.15, 0.2) is 23.7 Å². The summed E-state index contributed by atoms with van der Waals surface area (Å²) in [4.78, 5) is 8.48. The minimum absolute atomic E-state index is 0.0256. The summed E-state index contributed by atoms with van der Waals surface area (Å²) in [6.45, 7) is 2.00. The fraction of sp³-hybridized carbons (Fsp3) is 0.273. The number of methoxy groups -OCH3 is 1. The Morgan fingerprint density at radius 1 is 1.53 bits per heavy atom. The lowest BCUT2D eigenvalue weighted by atomic mass is 10.1. The number of hydrogen-bond acceptors (Lipinski definition) is 4. The highest BCUT2D eigenvalue weighted by Gasteiger charge is 2.13. The monoisotopic (exact) mass is 219 g/mol. The topological polar surface area (TPSA) is 35.0 Å². The Morgan fingerprint density at radius 2 is 2.40 bits per heavy atom. The highest BCUT2D eigenvalue weighted by molar-refractivity contribution is 7.13. The molecule has 2 aromatic heterocycles. The summed E-state index contributed by atoms with van der Waals surface area (Å²) in [5.74, 6) is 0. The average Bonchev–Trinajstić information content (AvgIpc) is 2.81. The second kappa shape index (κ2) is 4.51. The molecule has 0 saturated heterocycles. The van der Waals surface area contributed by atoms with E-state index in [2.05, 4.69) is 16.2 Å². The molecule has 15 heavy (non-hydrogen) atoms. The first-order valence-electron chi connectivity index (χ1n) is 4.62. The molecule has 3 nitrogen and oxygen atoms in total. The van der Waals surface area contributed by atoms with Crippen molar-refractivity contribution in [2.24, 2.45) is 0 Å². The van der Waals surface area contributed by atoms with Crippen molar-refractivity contribution in [3.05, 3.63) is 35.5 Å². The minimum Gasteiger partial charge on any atom is -0.377 e. The molecule has 1 radical (unpaired) electrons. The van der Waals surface area contributed by atoms with Gasteiger partial charge in [-0.1, -0.05) is 6.07 Å². The lowest BCUT2D eigenvalue weighted by Crippen LogP contribution is -1.99. The quantitative estimate of drug-likeness (QED) is 0.796. The third-order valence-electron chi connectivity index (χ3n) is 2.22. The van der Waals surface area contributed by atoms with Gasteiger partial charge in [0.25, 0.3) is 0 Å². The van der Waals surface area contributed by atoms with Crippen molar-refractivity contribution in [3.8, 4) is 10.7 Å². The van der Waals surface area contributed by atoms with Crippen LogP contribution in [0.2, 0.25) is 0 Å². The largest absolute Gasteiger partial charge is 0.377 e. The lowest BCUT2D eigenvalue weighted by Gasteiger charge is -2.12. The zero-order valence-electron chi connectivity index (χ0n) is 8.60. The number of thiazole rings is 1. The molecule has 0 saturated carbocycles. The molecule has 0 fully saturated rings. The van der Waals surface area contributed by atoms with E-state index in [-0.39, 0.29) is 6.10 Å². The number of rotatable bonds is 3. The summed E-state index contributed by atoms with van der Waals surface area (Å²) in [6.07, 6.45) is 4.59. The SMILES string of the molecule is COC(C)c1cccnc1-c1n[c]cs1. The Hall–Kier alpha value is -1.26. The molecule has 0 amide bonds. The summed E-state index contributed by atoms with van der Waals surface area (Å²) in [6, 6.07) is 3.92. The zero-order chi connectivity index (χ0) is 10.7. The smallest absolute Gasteiger partial charge is 0.143 e. The number of ether oxygens (including phenoxy) is 1. The predicted molar refractivity (Wildman–Crippen MR) is 59.6 cm³/mol. The molecule has 2 aromatic rings. The number of pyridine rings is 1. The van der Waals surface area contributed by atoms with Gasteiger partial charge >= 0.3 is 0 Å². The molecule has 0 aliphatic heterocycles. The van der Waals surface area contributed by atoms with Crippen LogP contribution in [0, 0.1) is 6.20 Å². The fourth-order valence-corrected chi connectivity index (χ4v) is 1.96. The number of hydrogen-bond donors (Lipinski definition) is 0. The van der Waals surface area contributed by atoms with Crippen molar-refractivity contribution in [1.29, 1.82) is 0 Å². The van der Waals surface area contributed by atoms with Crippen molar-refractivity contribution >= 4 is 11.3 Å². The second-order valence-electron chi connectivity index (χ2n) is 3.10. The third-order valence-corrected chi connectivity index (χ3v) is 2.95. The van der Waals surface area contributed by atoms with E-state index >= 15 is 0 Å². The van der Waals surface area contributed by atoms with Crippen LogP contribution in [-0.2, 0) is 4.74 Å². The van der Waals surface area contributed by atoms with Gasteiger partial charge in [0.15, 0.2) is 0 Å². The minimum atomic E-state index is 0.0256. The first-order valence-corrected chi connectivity index (χ1v) is 5.50. The van der Waals surface area contributed by atoms with Crippen molar-refractivity contribution < 1.29 is 4.74 Å². The molecule has 0 aliphatic carbocycles. The third kappa shape index (κ3) is 2.06. The van der Waals surface area contributed by atoms with Crippen LogP contribution in [0.5, 0.6) is 0 Å². The van der Waals surface area contributed by atoms with Gasteiger partial charge in [0.2, 0.25) is 0 Å². The van der Waals surface area contributed by atoms with Crippen LogP contribution in [0.1, 0.15) is 18.6 Å². The maximum atomic E-state index is 5.30. The lowest BCUT2D eigenvalue weighted by molar-refractivity contribution is 0.120. The van der Waals surface area contributed by atoms with Crippen molar-refractivity contribution in [2.75, 3.05) is 7.11 Å². The van der Waals surface area contributed by atoms with E-state index < -0.39 is 0 Å². The Bertz CT molecular complexity index is 428. The molecule has 4 heteroatoms. The van der Waals surface area contributed by atoms with Crippen LogP contribution in [0.25, 0.3) is 10.7 Å². The molecule has 1 unspecified atom stereocenters. The van der Waals surface area contributed by atoms with E-state index in [0.29, 0.717) is 0 Å². The van der Waals surface area contributed by atoms with E-state index in [1.54, 1.807) is 13.3 Å². The van der Waals surface area contributed by atoms with Crippen molar-refractivity contribution in [1.82, 2.24) is 9.97 Å². The molecule has 0 spiro atoms. The van der Waals surface area contributed by atoms with E-state index in [1.165, 1.54) is 11.3 Å². The van der Waals surface area contributed by atoms with Gasteiger partial charge in [0.1, 0.15) is 16.9 Å². The molecule has 77 valence electrons. The first-order chi connectivity index (χ1) is 7.33. The van der Waals surface area contributed by atoms with Crippen LogP contribution >= 0.6 is 11.3 Å². The fourth-order valence-electron chi connectivity index (χ4n) is 1.35. The Morgan fingerprint density at radius 3 is 3.07 bits per heavy atom. The van der Waals surface area contributed by atoms with Gasteiger partial charge in [0.05, 0.1) is 6.10 Å². The van der Waals surface area contributed by atoms with Gasteiger partial charge in [-0.25, -0.2) is 4.98 Å². The molecule has 0 aromatic carbocycles. The van der Waals surface area contributed by atoms with Crippen LogP contribution in [0.4, 0.5) is 0 Å². The zero-order valence-corrected chi connectivity index (χ0v) is 9.41. The van der Waals surface area contributed by atoms with Gasteiger partial charge in [-0.3, -0.25) is 4.98 Å². The van der Waals surface area contributed by atoms with Gasteiger partial charge < -0.3 is 4.74 Å². The molecular formula is C11H11N2OS. The second-order valence-corrected chi connectivity index (χ2v) is 3.96. The van der Waals surface area contributed by atoms with Gasteiger partial charge in [0, 0.05) is 24.3 Å². The Labute approximate surface area is 92.8 Å². The van der Waals surface area contributed by atoms with Gasteiger partial charge in [-0.05, 0) is 13.0 Å². The number of nitrogens with zero attached hydrogens (tertiary/aromatic N) is 2. The summed E-state index contributed by atoms with van der Waals surface area (Å²) < 4.78 is 5.30. The Balaban J connectivity index is 2.47.